The molecule has 0 aliphatic heterocycles. The number of benzene rings is 1. The highest BCUT2D eigenvalue weighted by Crippen LogP contribution is 2.15. The molecule has 138 valence electrons. The fourth-order valence-corrected chi connectivity index (χ4v) is 2.97. The summed E-state index contributed by atoms with van der Waals surface area (Å²) in [5.74, 6) is 0.128. The molecule has 3 N–H and O–H groups in total. The van der Waals surface area contributed by atoms with Crippen LogP contribution in [0, 0.1) is 0 Å². The summed E-state index contributed by atoms with van der Waals surface area (Å²) in [4.78, 5) is 11.8. The van der Waals surface area contributed by atoms with Gasteiger partial charge in [0.05, 0.1) is 0 Å². The van der Waals surface area contributed by atoms with Crippen LogP contribution in [0.5, 0.6) is 0 Å². The molecule has 4 heteroatoms. The van der Waals surface area contributed by atoms with Gasteiger partial charge in [-0.1, -0.05) is 87.1 Å². The van der Waals surface area contributed by atoms with Crippen LogP contribution in [0.1, 0.15) is 84.0 Å². The Morgan fingerprint density at radius 2 is 1.29 bits per heavy atom. The first-order valence-corrected chi connectivity index (χ1v) is 10.1. The number of carbonyl (C=O) groups is 1. The highest BCUT2D eigenvalue weighted by atomic mass is 79.9. The van der Waals surface area contributed by atoms with Crippen molar-refractivity contribution in [1.29, 1.82) is 0 Å². The summed E-state index contributed by atoms with van der Waals surface area (Å²) in [6.07, 6.45) is 15.1. The maximum Gasteiger partial charge on any atom is 0.224 e. The molecule has 0 unspecified atom stereocenters. The van der Waals surface area contributed by atoms with Crippen LogP contribution >= 0.6 is 15.9 Å². The molecule has 0 bridgehead atoms. The second kappa shape index (κ2) is 15.6. The molecule has 0 radical (unpaired) electrons. The second-order valence-corrected chi connectivity index (χ2v) is 7.26. The van der Waals surface area contributed by atoms with Crippen molar-refractivity contribution >= 4 is 27.5 Å². The number of hydrogen-bond donors (Lipinski definition) is 1. The predicted octanol–water partition coefficient (Wildman–Crippen LogP) is 6.26. The molecule has 0 spiro atoms. The molecule has 0 saturated carbocycles. The van der Waals surface area contributed by atoms with Gasteiger partial charge in [-0.15, -0.1) is 0 Å². The van der Waals surface area contributed by atoms with Crippen molar-refractivity contribution < 1.29 is 10.3 Å². The Kier molecular flexibility index (Phi) is 15.1. The molecule has 0 saturated heterocycles. The van der Waals surface area contributed by atoms with Gasteiger partial charge in [0.25, 0.3) is 0 Å². The topological polar surface area (TPSA) is 60.6 Å². The van der Waals surface area contributed by atoms with Crippen molar-refractivity contribution in [3.8, 4) is 0 Å². The van der Waals surface area contributed by atoms with Crippen molar-refractivity contribution in [2.75, 3.05) is 5.32 Å². The normalized spacial score (nSPS) is 10.2. The van der Waals surface area contributed by atoms with Gasteiger partial charge in [0, 0.05) is 16.6 Å². The van der Waals surface area contributed by atoms with Crippen molar-refractivity contribution in [3.05, 3.63) is 28.7 Å². The van der Waals surface area contributed by atoms with Crippen molar-refractivity contribution in [2.24, 2.45) is 0 Å². The van der Waals surface area contributed by atoms with Crippen molar-refractivity contribution in [2.45, 2.75) is 84.0 Å². The molecule has 1 amide bonds. The molecule has 3 nitrogen and oxygen atoms in total. The molecule has 1 aromatic rings. The summed E-state index contributed by atoms with van der Waals surface area (Å²) in [7, 11) is 0. The van der Waals surface area contributed by atoms with Gasteiger partial charge in [-0.25, -0.2) is 0 Å². The van der Waals surface area contributed by atoms with E-state index in [1.54, 1.807) is 0 Å². The van der Waals surface area contributed by atoms with E-state index in [0.29, 0.717) is 6.42 Å². The minimum absolute atomic E-state index is 0. The van der Waals surface area contributed by atoms with Crippen LogP contribution in [-0.2, 0) is 4.79 Å². The minimum atomic E-state index is 0. The van der Waals surface area contributed by atoms with E-state index in [4.69, 9.17) is 0 Å². The van der Waals surface area contributed by atoms with Gasteiger partial charge in [-0.05, 0) is 30.7 Å². The summed E-state index contributed by atoms with van der Waals surface area (Å²) < 4.78 is 1.03. The van der Waals surface area contributed by atoms with E-state index in [0.717, 1.165) is 16.6 Å². The van der Waals surface area contributed by atoms with Crippen LogP contribution < -0.4 is 5.32 Å². The summed E-state index contributed by atoms with van der Waals surface area (Å²) in [6, 6.07) is 7.72. The van der Waals surface area contributed by atoms with Gasteiger partial charge in [-0.3, -0.25) is 4.79 Å². The summed E-state index contributed by atoms with van der Waals surface area (Å²) in [5, 5.41) is 2.94. The SMILES string of the molecule is CCCCCCCCCCCCCC(=O)Nc1ccc(Br)cc1.O. The van der Waals surface area contributed by atoms with E-state index in [-0.39, 0.29) is 11.4 Å². The molecule has 0 aliphatic carbocycles. The maximum atomic E-state index is 11.8. The number of anilines is 1. The summed E-state index contributed by atoms with van der Waals surface area (Å²) in [5.41, 5.74) is 0.876. The van der Waals surface area contributed by atoms with Crippen LogP contribution in [0.3, 0.4) is 0 Å². The lowest BCUT2D eigenvalue weighted by atomic mass is 10.1. The Labute approximate surface area is 156 Å². The maximum absolute atomic E-state index is 11.8. The zero-order chi connectivity index (χ0) is 16.8. The van der Waals surface area contributed by atoms with E-state index >= 15 is 0 Å². The zero-order valence-electron chi connectivity index (χ0n) is 15.1. The average Bonchev–Trinajstić information content (AvgIpc) is 2.55. The quantitative estimate of drug-likeness (QED) is 0.390. The van der Waals surface area contributed by atoms with E-state index in [1.807, 2.05) is 24.3 Å². The van der Waals surface area contributed by atoms with E-state index in [9.17, 15) is 4.79 Å². The molecule has 0 heterocycles. The average molecular weight is 400 g/mol. The highest BCUT2D eigenvalue weighted by Gasteiger charge is 2.02. The van der Waals surface area contributed by atoms with E-state index in [1.165, 1.54) is 64.2 Å². The van der Waals surface area contributed by atoms with Crippen molar-refractivity contribution in [3.63, 3.8) is 0 Å². The fourth-order valence-electron chi connectivity index (χ4n) is 2.71. The van der Waals surface area contributed by atoms with Crippen LogP contribution in [0.15, 0.2) is 28.7 Å². The Morgan fingerprint density at radius 1 is 0.833 bits per heavy atom. The molecule has 0 atom stereocenters. The standard InChI is InChI=1S/C20H32BrNO.H2O/c1-2-3-4-5-6-7-8-9-10-11-12-13-20(23)22-19-16-14-18(21)15-17-19;/h14-17H,2-13H2,1H3,(H,22,23);1H2. The lowest BCUT2D eigenvalue weighted by Gasteiger charge is -2.05. The van der Waals surface area contributed by atoms with Crippen molar-refractivity contribution in [1.82, 2.24) is 0 Å². The Morgan fingerprint density at radius 3 is 1.79 bits per heavy atom. The molecule has 0 aromatic heterocycles. The number of hydrogen-bond acceptors (Lipinski definition) is 1. The van der Waals surface area contributed by atoms with Gasteiger partial charge in [-0.2, -0.15) is 0 Å². The van der Waals surface area contributed by atoms with E-state index in [2.05, 4.69) is 28.2 Å². The van der Waals surface area contributed by atoms with Gasteiger partial charge >= 0.3 is 0 Å². The molecule has 24 heavy (non-hydrogen) atoms. The lowest BCUT2D eigenvalue weighted by molar-refractivity contribution is -0.116. The molecular formula is C20H34BrNO2. The number of amides is 1. The van der Waals surface area contributed by atoms with Gasteiger partial charge in [0.1, 0.15) is 0 Å². The Bertz CT molecular complexity index is 420. The molecule has 1 aromatic carbocycles. The zero-order valence-corrected chi connectivity index (χ0v) is 16.7. The molecule has 0 aliphatic rings. The van der Waals surface area contributed by atoms with Crippen LogP contribution in [0.25, 0.3) is 0 Å². The van der Waals surface area contributed by atoms with Crippen LogP contribution in [-0.4, -0.2) is 11.4 Å². The Balaban J connectivity index is 0.00000529. The smallest absolute Gasteiger partial charge is 0.224 e. The molecule has 1 rings (SSSR count). The number of halogens is 1. The third-order valence-electron chi connectivity index (χ3n) is 4.14. The predicted molar refractivity (Wildman–Crippen MR) is 107 cm³/mol. The highest BCUT2D eigenvalue weighted by molar-refractivity contribution is 9.10. The van der Waals surface area contributed by atoms with Crippen LogP contribution in [0.4, 0.5) is 5.69 Å². The van der Waals surface area contributed by atoms with Crippen LogP contribution in [0.2, 0.25) is 0 Å². The second-order valence-electron chi connectivity index (χ2n) is 6.34. The fraction of sp³-hybridized carbons (Fsp3) is 0.650. The minimum Gasteiger partial charge on any atom is -0.412 e. The van der Waals surface area contributed by atoms with E-state index < -0.39 is 0 Å². The first-order valence-electron chi connectivity index (χ1n) is 9.28. The third-order valence-corrected chi connectivity index (χ3v) is 4.66. The summed E-state index contributed by atoms with van der Waals surface area (Å²) >= 11 is 3.39. The third kappa shape index (κ3) is 12.5. The number of carbonyl (C=O) groups excluding carboxylic acids is 1. The lowest BCUT2D eigenvalue weighted by Crippen LogP contribution is -2.10. The Hall–Kier alpha value is -0.870. The first-order chi connectivity index (χ1) is 11.2. The molecule has 0 fully saturated rings. The largest absolute Gasteiger partial charge is 0.412 e. The summed E-state index contributed by atoms with van der Waals surface area (Å²) in [6.45, 7) is 2.26. The number of unbranched alkanes of at least 4 members (excludes halogenated alkanes) is 10. The number of rotatable bonds is 13. The van der Waals surface area contributed by atoms with Gasteiger partial charge in [0.2, 0.25) is 5.91 Å². The van der Waals surface area contributed by atoms with Gasteiger partial charge in [0.15, 0.2) is 0 Å². The first kappa shape index (κ1) is 23.1. The molecular weight excluding hydrogens is 366 g/mol. The number of nitrogens with one attached hydrogen (secondary N) is 1. The van der Waals surface area contributed by atoms with Gasteiger partial charge < -0.3 is 10.8 Å². The monoisotopic (exact) mass is 399 g/mol.